The summed E-state index contributed by atoms with van der Waals surface area (Å²) in [6, 6.07) is 9.42. The third-order valence-corrected chi connectivity index (χ3v) is 6.69. The van der Waals surface area contributed by atoms with Crippen molar-refractivity contribution in [2.75, 3.05) is 38.7 Å². The van der Waals surface area contributed by atoms with Crippen LogP contribution in [0.5, 0.6) is 5.75 Å². The highest BCUT2D eigenvalue weighted by Gasteiger charge is 2.30. The van der Waals surface area contributed by atoms with E-state index in [1.54, 1.807) is 36.8 Å². The molecular formula is C20H21N5O5S. The number of rotatable bonds is 6. The van der Waals surface area contributed by atoms with Gasteiger partial charge in [0, 0.05) is 37.2 Å². The number of carbonyl (C=O) groups is 1. The lowest BCUT2D eigenvalue weighted by atomic mass is 10.2. The van der Waals surface area contributed by atoms with Crippen LogP contribution in [0, 0.1) is 0 Å². The molecule has 1 saturated heterocycles. The van der Waals surface area contributed by atoms with Gasteiger partial charge in [0.25, 0.3) is 5.91 Å². The maximum Gasteiger partial charge on any atom is 0.255 e. The molecule has 162 valence electrons. The van der Waals surface area contributed by atoms with Crippen LogP contribution in [0.3, 0.4) is 0 Å². The van der Waals surface area contributed by atoms with Gasteiger partial charge in [0.15, 0.2) is 5.82 Å². The first-order valence-corrected chi connectivity index (χ1v) is 11.0. The van der Waals surface area contributed by atoms with Crippen LogP contribution < -0.4 is 10.1 Å². The summed E-state index contributed by atoms with van der Waals surface area (Å²) in [5.74, 6) is 0.125. The predicted octanol–water partition coefficient (Wildman–Crippen LogP) is 1.55. The summed E-state index contributed by atoms with van der Waals surface area (Å²) in [6.45, 7) is 1.12. The molecule has 2 aromatic heterocycles. The molecule has 10 nitrogen and oxygen atoms in total. The summed E-state index contributed by atoms with van der Waals surface area (Å²) < 4.78 is 39.6. The van der Waals surface area contributed by atoms with Crippen molar-refractivity contribution in [1.29, 1.82) is 0 Å². The second-order valence-corrected chi connectivity index (χ2v) is 8.57. The molecule has 0 atom stereocenters. The highest BCUT2D eigenvalue weighted by atomic mass is 32.2. The Labute approximate surface area is 179 Å². The van der Waals surface area contributed by atoms with Crippen LogP contribution in [0.15, 0.2) is 59.9 Å². The number of nitrogens with one attached hydrogen (secondary N) is 1. The Morgan fingerprint density at radius 1 is 1.16 bits per heavy atom. The number of pyridine rings is 1. The first kappa shape index (κ1) is 21.0. The molecule has 0 spiro atoms. The largest absolute Gasteiger partial charge is 0.495 e. The smallest absolute Gasteiger partial charge is 0.255 e. The second kappa shape index (κ2) is 8.84. The zero-order valence-corrected chi connectivity index (χ0v) is 17.6. The molecule has 4 rings (SSSR count). The van der Waals surface area contributed by atoms with Gasteiger partial charge in [-0.3, -0.25) is 4.79 Å². The van der Waals surface area contributed by atoms with E-state index in [0.717, 1.165) is 0 Å². The van der Waals surface area contributed by atoms with Crippen molar-refractivity contribution in [2.45, 2.75) is 4.90 Å². The molecular weight excluding hydrogens is 422 g/mol. The van der Waals surface area contributed by atoms with Crippen molar-refractivity contribution < 1.29 is 22.7 Å². The first-order valence-electron chi connectivity index (χ1n) is 9.53. The molecule has 0 bridgehead atoms. The second-order valence-electron chi connectivity index (χ2n) is 6.66. The van der Waals surface area contributed by atoms with Crippen LogP contribution in [-0.4, -0.2) is 66.8 Å². The molecule has 31 heavy (non-hydrogen) atoms. The summed E-state index contributed by atoms with van der Waals surface area (Å²) in [5, 5.41) is 6.92. The zero-order valence-electron chi connectivity index (χ0n) is 16.8. The van der Waals surface area contributed by atoms with E-state index in [2.05, 4.69) is 15.4 Å². The number of carbonyl (C=O) groups excluding carboxylic acids is 1. The van der Waals surface area contributed by atoms with Gasteiger partial charge in [-0.05, 0) is 36.4 Å². The standard InChI is InChI=1S/C20H21N5O5S/c1-29-17-6-5-15(14-18(17)31(27,28)24-10-12-30-13-11-24)20(26)23-16-4-2-7-21-19(16)25-9-3-8-22-25/h2-9,14H,10-13H2,1H3,(H,23,26). The quantitative estimate of drug-likeness (QED) is 0.614. The van der Waals surface area contributed by atoms with Crippen molar-refractivity contribution in [3.8, 4) is 11.6 Å². The first-order chi connectivity index (χ1) is 15.0. The number of ether oxygens (including phenoxy) is 2. The summed E-state index contributed by atoms with van der Waals surface area (Å²) in [4.78, 5) is 17.2. The van der Waals surface area contributed by atoms with Crippen molar-refractivity contribution in [3.05, 3.63) is 60.6 Å². The van der Waals surface area contributed by atoms with Gasteiger partial charge in [-0.15, -0.1) is 0 Å². The molecule has 1 fully saturated rings. The van der Waals surface area contributed by atoms with Gasteiger partial charge < -0.3 is 14.8 Å². The average molecular weight is 443 g/mol. The van der Waals surface area contributed by atoms with Crippen molar-refractivity contribution in [2.24, 2.45) is 0 Å². The number of nitrogens with zero attached hydrogens (tertiary/aromatic N) is 4. The Hall–Kier alpha value is -3.28. The van der Waals surface area contributed by atoms with Gasteiger partial charge >= 0.3 is 0 Å². The molecule has 3 heterocycles. The normalized spacial score (nSPS) is 14.9. The number of benzene rings is 1. The average Bonchev–Trinajstić information content (AvgIpc) is 3.34. The Kier molecular flexibility index (Phi) is 5.98. The summed E-state index contributed by atoms with van der Waals surface area (Å²) in [6.07, 6.45) is 4.90. The van der Waals surface area contributed by atoms with Gasteiger partial charge in [-0.25, -0.2) is 18.1 Å². The number of aromatic nitrogens is 3. The van der Waals surface area contributed by atoms with Gasteiger partial charge in [-0.2, -0.15) is 9.40 Å². The van der Waals surface area contributed by atoms with Crippen LogP contribution in [0.25, 0.3) is 5.82 Å². The number of morpholine rings is 1. The van der Waals surface area contributed by atoms with Crippen LogP contribution in [0.4, 0.5) is 5.69 Å². The fraction of sp³-hybridized carbons (Fsp3) is 0.250. The summed E-state index contributed by atoms with van der Waals surface area (Å²) in [7, 11) is -2.47. The lowest BCUT2D eigenvalue weighted by Crippen LogP contribution is -2.40. The molecule has 1 aliphatic rings. The van der Waals surface area contributed by atoms with Crippen molar-refractivity contribution >= 4 is 21.6 Å². The molecule has 0 radical (unpaired) electrons. The van der Waals surface area contributed by atoms with Gasteiger partial charge in [0.2, 0.25) is 10.0 Å². The molecule has 1 aromatic carbocycles. The number of hydrogen-bond donors (Lipinski definition) is 1. The molecule has 1 aliphatic heterocycles. The number of amides is 1. The minimum Gasteiger partial charge on any atom is -0.495 e. The Balaban J connectivity index is 1.65. The zero-order chi connectivity index (χ0) is 21.8. The molecule has 3 aromatic rings. The van der Waals surface area contributed by atoms with Gasteiger partial charge in [0.1, 0.15) is 10.6 Å². The maximum atomic E-state index is 13.1. The molecule has 1 amide bonds. The number of anilines is 1. The van der Waals surface area contributed by atoms with Crippen molar-refractivity contribution in [1.82, 2.24) is 19.1 Å². The molecule has 11 heteroatoms. The molecule has 0 unspecified atom stereocenters. The lowest BCUT2D eigenvalue weighted by Gasteiger charge is -2.26. The van der Waals surface area contributed by atoms with E-state index in [1.807, 2.05) is 0 Å². The highest BCUT2D eigenvalue weighted by Crippen LogP contribution is 2.29. The number of sulfonamides is 1. The third kappa shape index (κ3) is 4.29. The SMILES string of the molecule is COc1ccc(C(=O)Nc2cccnc2-n2cccn2)cc1S(=O)(=O)N1CCOCC1. The third-order valence-electron chi connectivity index (χ3n) is 4.77. The number of methoxy groups -OCH3 is 1. The monoisotopic (exact) mass is 443 g/mol. The maximum absolute atomic E-state index is 13.1. The van der Waals surface area contributed by atoms with Crippen LogP contribution in [0.2, 0.25) is 0 Å². The van der Waals surface area contributed by atoms with E-state index in [0.29, 0.717) is 24.7 Å². The topological polar surface area (TPSA) is 116 Å². The lowest BCUT2D eigenvalue weighted by molar-refractivity contribution is 0.0729. The fourth-order valence-corrected chi connectivity index (χ4v) is 4.80. The molecule has 1 N–H and O–H groups in total. The predicted molar refractivity (Wildman–Crippen MR) is 112 cm³/mol. The van der Waals surface area contributed by atoms with Crippen LogP contribution >= 0.6 is 0 Å². The van der Waals surface area contributed by atoms with E-state index >= 15 is 0 Å². The number of hydrogen-bond acceptors (Lipinski definition) is 7. The Morgan fingerprint density at radius 2 is 1.97 bits per heavy atom. The van der Waals surface area contributed by atoms with E-state index in [4.69, 9.17) is 9.47 Å². The minimum absolute atomic E-state index is 0.0666. The summed E-state index contributed by atoms with van der Waals surface area (Å²) in [5.41, 5.74) is 0.604. The van der Waals surface area contributed by atoms with E-state index in [1.165, 1.54) is 34.3 Å². The van der Waals surface area contributed by atoms with Crippen molar-refractivity contribution in [3.63, 3.8) is 0 Å². The summed E-state index contributed by atoms with van der Waals surface area (Å²) >= 11 is 0. The van der Waals surface area contributed by atoms with Crippen LogP contribution in [-0.2, 0) is 14.8 Å². The van der Waals surface area contributed by atoms with E-state index in [-0.39, 0.29) is 29.3 Å². The highest BCUT2D eigenvalue weighted by molar-refractivity contribution is 7.89. The van der Waals surface area contributed by atoms with E-state index in [9.17, 15) is 13.2 Å². The van der Waals surface area contributed by atoms with Gasteiger partial charge in [-0.1, -0.05) is 0 Å². The minimum atomic E-state index is -3.86. The van der Waals surface area contributed by atoms with E-state index < -0.39 is 15.9 Å². The van der Waals surface area contributed by atoms with Gasteiger partial charge in [0.05, 0.1) is 26.0 Å². The fourth-order valence-electron chi connectivity index (χ4n) is 3.21. The Bertz CT molecular complexity index is 1170. The Morgan fingerprint density at radius 3 is 2.68 bits per heavy atom. The molecule has 0 aliphatic carbocycles. The molecule has 0 saturated carbocycles. The van der Waals surface area contributed by atoms with Crippen LogP contribution in [0.1, 0.15) is 10.4 Å².